The van der Waals surface area contributed by atoms with E-state index in [1.807, 2.05) is 0 Å². The Bertz CT molecular complexity index is 42.5. The van der Waals surface area contributed by atoms with Gasteiger partial charge in [0.2, 0.25) is 0 Å². The van der Waals surface area contributed by atoms with Gasteiger partial charge in [-0.2, -0.15) is 0 Å². The summed E-state index contributed by atoms with van der Waals surface area (Å²) in [6.45, 7) is 4.52. The molecule has 0 nitrogen and oxygen atoms in total. The molecule has 0 amide bonds. The number of hydrogen-bond donors (Lipinski definition) is 0. The van der Waals surface area contributed by atoms with Crippen LogP contribution in [0.2, 0.25) is 0 Å². The van der Waals surface area contributed by atoms with Gasteiger partial charge < -0.3 is 0 Å². The Labute approximate surface area is 73.4 Å². The van der Waals surface area contributed by atoms with Crippen LogP contribution in [0.15, 0.2) is 0 Å². The molecule has 10 heavy (non-hydrogen) atoms. The van der Waals surface area contributed by atoms with Crippen LogP contribution in [0.3, 0.4) is 0 Å². The van der Waals surface area contributed by atoms with E-state index in [9.17, 15) is 0 Å². The van der Waals surface area contributed by atoms with E-state index in [1.165, 1.54) is 38.0 Å². The molecule has 0 unspecified atom stereocenters. The van der Waals surface area contributed by atoms with Crippen LogP contribution in [0.25, 0.3) is 0 Å². The Balaban J connectivity index is 0. The number of rotatable bonds is 6. The molecule has 0 bridgehead atoms. The molecular formula is C8H19ClP. The average molecular weight is 182 g/mol. The van der Waals surface area contributed by atoms with E-state index in [0.717, 1.165) is 0 Å². The van der Waals surface area contributed by atoms with Crippen molar-refractivity contribution in [2.45, 2.75) is 39.5 Å². The molecule has 0 heterocycles. The summed E-state index contributed by atoms with van der Waals surface area (Å²) in [4.78, 5) is 0. The van der Waals surface area contributed by atoms with Gasteiger partial charge in [-0.3, -0.25) is 0 Å². The normalized spacial score (nSPS) is 9.00. The van der Waals surface area contributed by atoms with Crippen molar-refractivity contribution in [3.8, 4) is 0 Å². The first-order chi connectivity index (χ1) is 4.41. The molecular weight excluding hydrogens is 163 g/mol. The summed E-state index contributed by atoms with van der Waals surface area (Å²) in [7, 11) is 1.67. The lowest BCUT2D eigenvalue weighted by Crippen LogP contribution is -1.78. The summed E-state index contributed by atoms with van der Waals surface area (Å²) in [5.74, 6) is 0. The summed E-state index contributed by atoms with van der Waals surface area (Å²) in [6.07, 6.45) is 8.42. The van der Waals surface area contributed by atoms with Crippen molar-refractivity contribution < 1.29 is 0 Å². The third-order valence-corrected chi connectivity index (χ3v) is 2.60. The molecule has 0 aliphatic heterocycles. The molecule has 0 aromatic rings. The largest absolute Gasteiger partial charge is 0.147 e. The van der Waals surface area contributed by atoms with Crippen molar-refractivity contribution in [3.63, 3.8) is 0 Å². The lowest BCUT2D eigenvalue weighted by molar-refractivity contribution is 0.874. The van der Waals surface area contributed by atoms with Gasteiger partial charge in [-0.05, 0) is 25.2 Å². The Morgan fingerprint density at radius 3 is 1.60 bits per heavy atom. The topological polar surface area (TPSA) is 0 Å². The van der Waals surface area contributed by atoms with Crippen LogP contribution in [0.4, 0.5) is 0 Å². The molecule has 0 fully saturated rings. The van der Waals surface area contributed by atoms with Crippen molar-refractivity contribution in [1.82, 2.24) is 0 Å². The fourth-order valence-corrected chi connectivity index (χ4v) is 1.95. The van der Waals surface area contributed by atoms with Gasteiger partial charge in [0, 0.05) is 0 Å². The van der Waals surface area contributed by atoms with Crippen LogP contribution in [0, 0.1) is 0 Å². The first-order valence-electron chi connectivity index (χ1n) is 4.05. The van der Waals surface area contributed by atoms with Crippen molar-refractivity contribution >= 4 is 21.0 Å². The van der Waals surface area contributed by atoms with Gasteiger partial charge >= 0.3 is 0 Å². The van der Waals surface area contributed by atoms with Crippen LogP contribution < -0.4 is 0 Å². The Morgan fingerprint density at radius 2 is 1.30 bits per heavy atom. The molecule has 0 aromatic heterocycles. The van der Waals surface area contributed by atoms with Gasteiger partial charge in [0.1, 0.15) is 0 Å². The van der Waals surface area contributed by atoms with Gasteiger partial charge in [-0.1, -0.05) is 35.3 Å². The molecule has 0 saturated heterocycles. The maximum atomic E-state index is 2.26. The first kappa shape index (κ1) is 13.3. The lowest BCUT2D eigenvalue weighted by atomic mass is 10.4. The number of unbranched alkanes of at least 4 members (excludes halogenated alkanes) is 2. The van der Waals surface area contributed by atoms with Crippen molar-refractivity contribution in [2.24, 2.45) is 0 Å². The predicted molar refractivity (Wildman–Crippen MR) is 53.7 cm³/mol. The molecule has 0 spiro atoms. The quantitative estimate of drug-likeness (QED) is 0.430. The zero-order valence-electron chi connectivity index (χ0n) is 7.10. The third-order valence-electron chi connectivity index (χ3n) is 1.34. The predicted octanol–water partition coefficient (Wildman–Crippen LogP) is 3.95. The molecule has 0 aromatic carbocycles. The van der Waals surface area contributed by atoms with Gasteiger partial charge in [-0.15, -0.1) is 12.4 Å². The maximum absolute atomic E-state index is 2.26. The number of hydrogen-bond acceptors (Lipinski definition) is 0. The highest BCUT2D eigenvalue weighted by Gasteiger charge is 1.86. The van der Waals surface area contributed by atoms with Crippen LogP contribution in [0.5, 0.6) is 0 Å². The van der Waals surface area contributed by atoms with E-state index in [-0.39, 0.29) is 12.4 Å². The van der Waals surface area contributed by atoms with Gasteiger partial charge in [0.05, 0.1) is 0 Å². The monoisotopic (exact) mass is 181 g/mol. The minimum absolute atomic E-state index is 0. The van der Waals surface area contributed by atoms with Gasteiger partial charge in [0.15, 0.2) is 0 Å². The minimum atomic E-state index is 0. The fourth-order valence-electron chi connectivity index (χ4n) is 0.652. The highest BCUT2D eigenvalue weighted by atomic mass is 35.5. The summed E-state index contributed by atoms with van der Waals surface area (Å²) in [5.41, 5.74) is 0. The summed E-state index contributed by atoms with van der Waals surface area (Å²) < 4.78 is 0. The molecule has 0 saturated carbocycles. The maximum Gasteiger partial charge on any atom is -0.0287 e. The molecule has 1 radical (unpaired) electrons. The second-order valence-electron chi connectivity index (χ2n) is 2.38. The smallest absolute Gasteiger partial charge is 0.0287 e. The molecule has 2 heteroatoms. The minimum Gasteiger partial charge on any atom is -0.147 e. The van der Waals surface area contributed by atoms with E-state index < -0.39 is 0 Å². The standard InChI is InChI=1S/C8H18P.ClH/c1-3-5-7-9-8-6-4-2;/h3-8H2,1-2H3;1H. The van der Waals surface area contributed by atoms with Crippen LogP contribution in [-0.4, -0.2) is 12.3 Å². The molecule has 0 N–H and O–H groups in total. The summed E-state index contributed by atoms with van der Waals surface area (Å²) in [5, 5.41) is 0. The second kappa shape index (κ2) is 12.4. The van der Waals surface area contributed by atoms with E-state index in [0.29, 0.717) is 0 Å². The highest BCUT2D eigenvalue weighted by molar-refractivity contribution is 7.37. The lowest BCUT2D eigenvalue weighted by Gasteiger charge is -1.95. The number of halogens is 1. The molecule has 0 rings (SSSR count). The second-order valence-corrected chi connectivity index (χ2v) is 3.72. The fraction of sp³-hybridized carbons (Fsp3) is 1.00. The van der Waals surface area contributed by atoms with Crippen LogP contribution >= 0.6 is 21.0 Å². The van der Waals surface area contributed by atoms with Crippen molar-refractivity contribution in [3.05, 3.63) is 0 Å². The van der Waals surface area contributed by atoms with Gasteiger partial charge in [-0.25, -0.2) is 0 Å². The molecule has 63 valence electrons. The zero-order chi connectivity index (χ0) is 6.95. The Kier molecular flexibility index (Phi) is 16.5. The van der Waals surface area contributed by atoms with E-state index in [4.69, 9.17) is 0 Å². The highest BCUT2D eigenvalue weighted by Crippen LogP contribution is 2.14. The van der Waals surface area contributed by atoms with Crippen LogP contribution in [0.1, 0.15) is 39.5 Å². The zero-order valence-corrected chi connectivity index (χ0v) is 8.81. The average Bonchev–Trinajstić information content (AvgIpc) is 1.89. The van der Waals surface area contributed by atoms with E-state index >= 15 is 0 Å². The summed E-state index contributed by atoms with van der Waals surface area (Å²) >= 11 is 0. The third kappa shape index (κ3) is 11.5. The van der Waals surface area contributed by atoms with Gasteiger partial charge in [0.25, 0.3) is 0 Å². The van der Waals surface area contributed by atoms with Crippen molar-refractivity contribution in [1.29, 1.82) is 0 Å². The van der Waals surface area contributed by atoms with Crippen LogP contribution in [-0.2, 0) is 0 Å². The van der Waals surface area contributed by atoms with E-state index in [1.54, 1.807) is 8.58 Å². The molecule has 0 aliphatic carbocycles. The molecule has 0 atom stereocenters. The SMILES string of the molecule is CCCC[P]CCCC.Cl. The van der Waals surface area contributed by atoms with E-state index in [2.05, 4.69) is 13.8 Å². The Morgan fingerprint density at radius 1 is 0.900 bits per heavy atom. The Hall–Kier alpha value is 0.720. The van der Waals surface area contributed by atoms with Crippen molar-refractivity contribution in [2.75, 3.05) is 12.3 Å². The summed E-state index contributed by atoms with van der Waals surface area (Å²) in [6, 6.07) is 0. The molecule has 0 aliphatic rings. The first-order valence-corrected chi connectivity index (χ1v) is 5.31.